The molecule has 2 amide bonds. The van der Waals surface area contributed by atoms with Gasteiger partial charge >= 0.3 is 0 Å². The van der Waals surface area contributed by atoms with Crippen molar-refractivity contribution < 1.29 is 14.4 Å². The van der Waals surface area contributed by atoms with Crippen molar-refractivity contribution in [2.45, 2.75) is 59.8 Å². The molecule has 1 aliphatic carbocycles. The lowest BCUT2D eigenvalue weighted by Gasteiger charge is -2.28. The van der Waals surface area contributed by atoms with E-state index in [-0.39, 0.29) is 42.3 Å². The Hall–Kier alpha value is -2.50. The molecule has 0 atom stereocenters. The van der Waals surface area contributed by atoms with E-state index in [9.17, 15) is 14.4 Å². The lowest BCUT2D eigenvalue weighted by molar-refractivity contribution is -0.124. The number of hydrazone groups is 1. The zero-order valence-electron chi connectivity index (χ0n) is 15.9. The second-order valence-corrected chi connectivity index (χ2v) is 7.81. The van der Waals surface area contributed by atoms with Crippen LogP contribution in [-0.4, -0.2) is 23.3 Å². The molecule has 0 spiro atoms. The number of aryl methyl sites for hydroxylation is 2. The highest BCUT2D eigenvalue weighted by molar-refractivity contribution is 6.05. The van der Waals surface area contributed by atoms with Gasteiger partial charge in [-0.1, -0.05) is 31.5 Å². The third-order valence-electron chi connectivity index (χ3n) is 4.33. The van der Waals surface area contributed by atoms with Crippen molar-refractivity contribution in [2.24, 2.45) is 10.5 Å². The van der Waals surface area contributed by atoms with E-state index in [1.54, 1.807) is 0 Å². The first-order chi connectivity index (χ1) is 12.1. The summed E-state index contributed by atoms with van der Waals surface area (Å²) in [5, 5.41) is 6.89. The molecular formula is C20H27N3O3. The van der Waals surface area contributed by atoms with E-state index in [4.69, 9.17) is 0 Å². The van der Waals surface area contributed by atoms with Gasteiger partial charge in [-0.2, -0.15) is 5.10 Å². The Balaban J connectivity index is 1.80. The van der Waals surface area contributed by atoms with Crippen LogP contribution >= 0.6 is 0 Å². The summed E-state index contributed by atoms with van der Waals surface area (Å²) < 4.78 is 0. The SMILES string of the molecule is Cc1ccc(NC(=O)CCC(=O)N/N=C2\CC(=O)CC(C)(C)C2)c(C)c1. The minimum Gasteiger partial charge on any atom is -0.326 e. The topological polar surface area (TPSA) is 87.6 Å². The van der Waals surface area contributed by atoms with Gasteiger partial charge in [-0.25, -0.2) is 5.43 Å². The number of amides is 2. The summed E-state index contributed by atoms with van der Waals surface area (Å²) in [6.45, 7) is 7.95. The number of hydrogen-bond donors (Lipinski definition) is 2. The number of hydrogen-bond acceptors (Lipinski definition) is 4. The molecule has 6 nitrogen and oxygen atoms in total. The van der Waals surface area contributed by atoms with Crippen LogP contribution in [0.2, 0.25) is 0 Å². The van der Waals surface area contributed by atoms with Gasteiger partial charge in [-0.3, -0.25) is 14.4 Å². The minimum atomic E-state index is -0.330. The van der Waals surface area contributed by atoms with E-state index in [2.05, 4.69) is 15.8 Å². The molecule has 0 aliphatic heterocycles. The van der Waals surface area contributed by atoms with E-state index in [0.717, 1.165) is 16.8 Å². The highest BCUT2D eigenvalue weighted by Crippen LogP contribution is 2.31. The fourth-order valence-electron chi connectivity index (χ4n) is 3.17. The van der Waals surface area contributed by atoms with Gasteiger partial charge in [0.05, 0.1) is 0 Å². The number of rotatable bonds is 5. The standard InChI is InChI=1S/C20H27N3O3/c1-13-5-6-17(14(2)9-13)21-18(25)7-8-19(26)23-22-15-10-16(24)12-20(3,4)11-15/h5-6,9H,7-8,10-12H2,1-4H3,(H,21,25)(H,23,26)/b22-15+. The number of Topliss-reactive ketones (excluding diaryl/α,β-unsaturated/α-hetero) is 1. The van der Waals surface area contributed by atoms with E-state index in [1.807, 2.05) is 45.9 Å². The molecule has 1 saturated carbocycles. The van der Waals surface area contributed by atoms with Crippen molar-refractivity contribution in [2.75, 3.05) is 5.32 Å². The number of carbonyl (C=O) groups excluding carboxylic acids is 3. The molecule has 6 heteroatoms. The van der Waals surface area contributed by atoms with E-state index in [0.29, 0.717) is 18.6 Å². The Morgan fingerprint density at radius 1 is 1.12 bits per heavy atom. The highest BCUT2D eigenvalue weighted by atomic mass is 16.2. The Morgan fingerprint density at radius 2 is 1.81 bits per heavy atom. The third kappa shape index (κ3) is 6.10. The van der Waals surface area contributed by atoms with Gasteiger partial charge in [-0.05, 0) is 37.3 Å². The maximum absolute atomic E-state index is 12.0. The summed E-state index contributed by atoms with van der Waals surface area (Å²) >= 11 is 0. The summed E-state index contributed by atoms with van der Waals surface area (Å²) in [5.41, 5.74) is 5.91. The molecule has 1 aliphatic rings. The summed E-state index contributed by atoms with van der Waals surface area (Å²) in [6.07, 6.45) is 1.64. The Labute approximate surface area is 154 Å². The van der Waals surface area contributed by atoms with E-state index < -0.39 is 0 Å². The maximum Gasteiger partial charge on any atom is 0.240 e. The fourth-order valence-corrected chi connectivity index (χ4v) is 3.17. The normalized spacial score (nSPS) is 17.8. The van der Waals surface area contributed by atoms with Crippen molar-refractivity contribution in [1.29, 1.82) is 0 Å². The first-order valence-corrected chi connectivity index (χ1v) is 8.88. The van der Waals surface area contributed by atoms with Crippen molar-refractivity contribution >= 4 is 29.0 Å². The monoisotopic (exact) mass is 357 g/mol. The Morgan fingerprint density at radius 3 is 2.46 bits per heavy atom. The molecule has 0 unspecified atom stereocenters. The molecule has 1 fully saturated rings. The zero-order valence-corrected chi connectivity index (χ0v) is 15.9. The van der Waals surface area contributed by atoms with Crippen molar-refractivity contribution in [3.63, 3.8) is 0 Å². The summed E-state index contributed by atoms with van der Waals surface area (Å²) in [6, 6.07) is 5.78. The molecular weight excluding hydrogens is 330 g/mol. The molecule has 26 heavy (non-hydrogen) atoms. The van der Waals surface area contributed by atoms with Gasteiger partial charge in [0, 0.05) is 37.1 Å². The van der Waals surface area contributed by atoms with Crippen LogP contribution in [0.1, 0.15) is 57.1 Å². The Kier molecular flexibility index (Phi) is 6.29. The molecule has 0 aromatic heterocycles. The number of ketones is 1. The quantitative estimate of drug-likeness (QED) is 0.793. The molecule has 0 saturated heterocycles. The maximum atomic E-state index is 12.0. The lowest BCUT2D eigenvalue weighted by Crippen LogP contribution is -2.31. The zero-order chi connectivity index (χ0) is 19.3. The van der Waals surface area contributed by atoms with E-state index in [1.165, 1.54) is 0 Å². The summed E-state index contributed by atoms with van der Waals surface area (Å²) in [4.78, 5) is 35.7. The lowest BCUT2D eigenvalue weighted by atomic mass is 9.76. The number of nitrogens with zero attached hydrogens (tertiary/aromatic N) is 1. The average molecular weight is 357 g/mol. The predicted molar refractivity (Wildman–Crippen MR) is 102 cm³/mol. The molecule has 140 valence electrons. The van der Waals surface area contributed by atoms with Gasteiger partial charge in [0.1, 0.15) is 5.78 Å². The number of carbonyl (C=O) groups is 3. The van der Waals surface area contributed by atoms with Gasteiger partial charge < -0.3 is 5.32 Å². The molecule has 1 aromatic rings. The molecule has 2 N–H and O–H groups in total. The second kappa shape index (κ2) is 8.25. The van der Waals surface area contributed by atoms with Gasteiger partial charge in [0.25, 0.3) is 0 Å². The third-order valence-corrected chi connectivity index (χ3v) is 4.33. The van der Waals surface area contributed by atoms with Crippen LogP contribution in [0, 0.1) is 19.3 Å². The smallest absolute Gasteiger partial charge is 0.240 e. The second-order valence-electron chi connectivity index (χ2n) is 7.81. The molecule has 0 radical (unpaired) electrons. The first-order valence-electron chi connectivity index (χ1n) is 8.88. The van der Waals surface area contributed by atoms with Crippen LogP contribution in [0.3, 0.4) is 0 Å². The first kappa shape index (κ1) is 19.8. The van der Waals surface area contributed by atoms with Crippen LogP contribution in [0.5, 0.6) is 0 Å². The molecule has 1 aromatic carbocycles. The van der Waals surface area contributed by atoms with Crippen LogP contribution in [0.25, 0.3) is 0 Å². The fraction of sp³-hybridized carbons (Fsp3) is 0.500. The number of benzene rings is 1. The number of nitrogens with one attached hydrogen (secondary N) is 2. The van der Waals surface area contributed by atoms with Crippen LogP contribution in [-0.2, 0) is 14.4 Å². The van der Waals surface area contributed by atoms with Gasteiger partial charge in [-0.15, -0.1) is 0 Å². The molecule has 0 heterocycles. The van der Waals surface area contributed by atoms with Gasteiger partial charge in [0.15, 0.2) is 0 Å². The van der Waals surface area contributed by atoms with Crippen molar-refractivity contribution in [1.82, 2.24) is 5.43 Å². The summed E-state index contributed by atoms with van der Waals surface area (Å²) in [5.74, 6) is -0.403. The predicted octanol–water partition coefficient (Wildman–Crippen LogP) is 3.27. The van der Waals surface area contributed by atoms with E-state index >= 15 is 0 Å². The Bertz CT molecular complexity index is 751. The molecule has 2 rings (SSSR count). The van der Waals surface area contributed by atoms with Gasteiger partial charge in [0.2, 0.25) is 11.8 Å². The highest BCUT2D eigenvalue weighted by Gasteiger charge is 2.30. The van der Waals surface area contributed by atoms with Crippen LogP contribution in [0.15, 0.2) is 23.3 Å². The largest absolute Gasteiger partial charge is 0.326 e. The number of anilines is 1. The van der Waals surface area contributed by atoms with Crippen LogP contribution < -0.4 is 10.7 Å². The molecule has 0 bridgehead atoms. The van der Waals surface area contributed by atoms with Crippen LogP contribution in [0.4, 0.5) is 5.69 Å². The summed E-state index contributed by atoms with van der Waals surface area (Å²) in [7, 11) is 0. The minimum absolute atomic E-state index is 0.0465. The van der Waals surface area contributed by atoms with Crippen molar-refractivity contribution in [3.8, 4) is 0 Å². The average Bonchev–Trinajstić information content (AvgIpc) is 2.52. The van der Waals surface area contributed by atoms with Crippen molar-refractivity contribution in [3.05, 3.63) is 29.3 Å².